The molecule has 1 N–H and O–H groups in total. The molecule has 5 heteroatoms. The predicted octanol–water partition coefficient (Wildman–Crippen LogP) is 4.98. The lowest BCUT2D eigenvalue weighted by molar-refractivity contribution is 0.479. The highest BCUT2D eigenvalue weighted by molar-refractivity contribution is 7.99. The van der Waals surface area contributed by atoms with E-state index >= 15 is 0 Å². The Bertz CT molecular complexity index is 634. The van der Waals surface area contributed by atoms with Crippen LogP contribution in [0.15, 0.2) is 41.3 Å². The minimum absolute atomic E-state index is 0.274. The maximum atomic E-state index is 14.0. The molecule has 0 aliphatic heterocycles. The van der Waals surface area contributed by atoms with E-state index in [4.69, 9.17) is 11.6 Å². The molecule has 0 bridgehead atoms. The first-order valence-electron chi connectivity index (χ1n) is 6.53. The van der Waals surface area contributed by atoms with Crippen molar-refractivity contribution in [2.24, 2.45) is 0 Å². The Labute approximate surface area is 132 Å². The van der Waals surface area contributed by atoms with Gasteiger partial charge in [0, 0.05) is 27.3 Å². The second-order valence-electron chi connectivity index (χ2n) is 4.71. The molecule has 0 aliphatic rings. The van der Waals surface area contributed by atoms with Crippen LogP contribution in [-0.2, 0) is 0 Å². The fourth-order valence-corrected chi connectivity index (χ4v) is 3.34. The Morgan fingerprint density at radius 1 is 1.19 bits per heavy atom. The maximum absolute atomic E-state index is 14.0. The summed E-state index contributed by atoms with van der Waals surface area (Å²) in [6.45, 7) is 1.55. The van der Waals surface area contributed by atoms with Gasteiger partial charge < -0.3 is 5.32 Å². The SMILES string of the molecule is CNC(CSc1cccc(Cl)c1)c1ccc(C)c(F)c1F. The van der Waals surface area contributed by atoms with E-state index in [0.29, 0.717) is 21.9 Å². The van der Waals surface area contributed by atoms with Gasteiger partial charge in [0.1, 0.15) is 0 Å². The molecule has 0 saturated heterocycles. The zero-order valence-corrected chi connectivity index (χ0v) is 13.4. The minimum Gasteiger partial charge on any atom is -0.312 e. The molecule has 1 atom stereocenters. The summed E-state index contributed by atoms with van der Waals surface area (Å²) in [7, 11) is 1.74. The Balaban J connectivity index is 2.15. The van der Waals surface area contributed by atoms with Gasteiger partial charge in [-0.15, -0.1) is 11.8 Å². The molecule has 1 nitrogen and oxygen atoms in total. The van der Waals surface area contributed by atoms with Crippen molar-refractivity contribution in [1.29, 1.82) is 0 Å². The third-order valence-corrected chi connectivity index (χ3v) is 4.56. The number of halogens is 3. The Morgan fingerprint density at radius 3 is 2.62 bits per heavy atom. The quantitative estimate of drug-likeness (QED) is 0.777. The summed E-state index contributed by atoms with van der Waals surface area (Å²) in [6.07, 6.45) is 0. The number of nitrogens with one attached hydrogen (secondary N) is 1. The van der Waals surface area contributed by atoms with Crippen molar-refractivity contribution in [3.05, 3.63) is 64.2 Å². The zero-order valence-electron chi connectivity index (χ0n) is 11.8. The number of hydrogen-bond acceptors (Lipinski definition) is 2. The van der Waals surface area contributed by atoms with Crippen LogP contribution in [0.3, 0.4) is 0 Å². The monoisotopic (exact) mass is 327 g/mol. The van der Waals surface area contributed by atoms with Crippen LogP contribution in [-0.4, -0.2) is 12.8 Å². The fraction of sp³-hybridized carbons (Fsp3) is 0.250. The summed E-state index contributed by atoms with van der Waals surface area (Å²) in [6, 6.07) is 10.4. The number of thioether (sulfide) groups is 1. The molecule has 2 aromatic rings. The summed E-state index contributed by atoms with van der Waals surface area (Å²) in [4.78, 5) is 0.996. The van der Waals surface area contributed by atoms with E-state index in [2.05, 4.69) is 5.32 Å². The van der Waals surface area contributed by atoms with Crippen LogP contribution in [0.1, 0.15) is 17.2 Å². The van der Waals surface area contributed by atoms with Crippen molar-refractivity contribution in [1.82, 2.24) is 5.32 Å². The standard InChI is InChI=1S/C16H16ClF2NS/c1-10-6-7-13(16(19)15(10)18)14(20-2)9-21-12-5-3-4-11(17)8-12/h3-8,14,20H,9H2,1-2H3. The van der Waals surface area contributed by atoms with Gasteiger partial charge in [-0.05, 0) is 37.7 Å². The second kappa shape index (κ2) is 7.25. The van der Waals surface area contributed by atoms with Crippen molar-refractivity contribution < 1.29 is 8.78 Å². The number of hydrogen-bond donors (Lipinski definition) is 1. The van der Waals surface area contributed by atoms with E-state index in [-0.39, 0.29) is 6.04 Å². The van der Waals surface area contributed by atoms with Crippen molar-refractivity contribution in [3.63, 3.8) is 0 Å². The van der Waals surface area contributed by atoms with Crippen LogP contribution >= 0.6 is 23.4 Å². The Hall–Kier alpha value is -1.10. The molecule has 2 rings (SSSR count). The van der Waals surface area contributed by atoms with E-state index in [1.165, 1.54) is 0 Å². The fourth-order valence-electron chi connectivity index (χ4n) is 2.00. The van der Waals surface area contributed by atoms with Crippen LogP contribution in [0.5, 0.6) is 0 Å². The topological polar surface area (TPSA) is 12.0 Å². The predicted molar refractivity (Wildman–Crippen MR) is 85.1 cm³/mol. The van der Waals surface area contributed by atoms with Gasteiger partial charge in [0.2, 0.25) is 0 Å². The molecule has 112 valence electrons. The first-order valence-corrected chi connectivity index (χ1v) is 7.89. The van der Waals surface area contributed by atoms with Crippen molar-refractivity contribution in [3.8, 4) is 0 Å². The normalized spacial score (nSPS) is 12.4. The second-order valence-corrected chi connectivity index (χ2v) is 6.24. The molecule has 0 aromatic heterocycles. The molecule has 0 radical (unpaired) electrons. The average molecular weight is 328 g/mol. The molecule has 1 unspecified atom stereocenters. The van der Waals surface area contributed by atoms with E-state index in [0.717, 1.165) is 4.90 Å². The minimum atomic E-state index is -0.777. The molecular formula is C16H16ClF2NS. The van der Waals surface area contributed by atoms with Gasteiger partial charge in [-0.2, -0.15) is 0 Å². The third-order valence-electron chi connectivity index (χ3n) is 3.24. The smallest absolute Gasteiger partial charge is 0.163 e. The summed E-state index contributed by atoms with van der Waals surface area (Å²) in [5, 5.41) is 3.69. The largest absolute Gasteiger partial charge is 0.312 e. The van der Waals surface area contributed by atoms with E-state index < -0.39 is 11.6 Å². The molecule has 0 heterocycles. The highest BCUT2D eigenvalue weighted by Crippen LogP contribution is 2.28. The lowest BCUT2D eigenvalue weighted by Crippen LogP contribution is -2.20. The van der Waals surface area contributed by atoms with Gasteiger partial charge in [-0.1, -0.05) is 29.8 Å². The lowest BCUT2D eigenvalue weighted by atomic mass is 10.1. The van der Waals surface area contributed by atoms with Crippen molar-refractivity contribution >= 4 is 23.4 Å². The first-order chi connectivity index (χ1) is 10.0. The molecular weight excluding hydrogens is 312 g/mol. The summed E-state index contributed by atoms with van der Waals surface area (Å²) >= 11 is 7.48. The molecule has 0 aliphatic carbocycles. The maximum Gasteiger partial charge on any atom is 0.163 e. The molecule has 2 aromatic carbocycles. The van der Waals surface area contributed by atoms with E-state index in [9.17, 15) is 8.78 Å². The Kier molecular flexibility index (Phi) is 5.62. The molecule has 21 heavy (non-hydrogen) atoms. The summed E-state index contributed by atoms with van der Waals surface area (Å²) in [5.41, 5.74) is 0.656. The van der Waals surface area contributed by atoms with Gasteiger partial charge in [0.15, 0.2) is 11.6 Å². The lowest BCUT2D eigenvalue weighted by Gasteiger charge is -2.18. The van der Waals surface area contributed by atoms with Gasteiger partial charge in [-0.25, -0.2) is 8.78 Å². The highest BCUT2D eigenvalue weighted by atomic mass is 35.5. The van der Waals surface area contributed by atoms with Gasteiger partial charge >= 0.3 is 0 Å². The number of rotatable bonds is 5. The highest BCUT2D eigenvalue weighted by Gasteiger charge is 2.18. The van der Waals surface area contributed by atoms with Crippen LogP contribution in [0.2, 0.25) is 5.02 Å². The zero-order chi connectivity index (χ0) is 15.4. The average Bonchev–Trinajstić information content (AvgIpc) is 2.47. The van der Waals surface area contributed by atoms with Crippen LogP contribution in [0, 0.1) is 18.6 Å². The Morgan fingerprint density at radius 2 is 1.95 bits per heavy atom. The van der Waals surface area contributed by atoms with Gasteiger partial charge in [0.05, 0.1) is 0 Å². The van der Waals surface area contributed by atoms with Gasteiger partial charge in [-0.3, -0.25) is 0 Å². The summed E-state index contributed by atoms with van der Waals surface area (Å²) in [5.74, 6) is -0.974. The van der Waals surface area contributed by atoms with Crippen LogP contribution < -0.4 is 5.32 Å². The van der Waals surface area contributed by atoms with E-state index in [1.807, 2.05) is 18.2 Å². The van der Waals surface area contributed by atoms with Gasteiger partial charge in [0.25, 0.3) is 0 Å². The van der Waals surface area contributed by atoms with Crippen molar-refractivity contribution in [2.45, 2.75) is 17.9 Å². The van der Waals surface area contributed by atoms with Crippen molar-refractivity contribution in [2.75, 3.05) is 12.8 Å². The van der Waals surface area contributed by atoms with E-state index in [1.54, 1.807) is 43.9 Å². The third kappa shape index (κ3) is 3.96. The molecule has 0 spiro atoms. The summed E-state index contributed by atoms with van der Waals surface area (Å²) < 4.78 is 27.7. The molecule has 0 fully saturated rings. The van der Waals surface area contributed by atoms with Crippen LogP contribution in [0.4, 0.5) is 8.78 Å². The molecule has 0 amide bonds. The van der Waals surface area contributed by atoms with Crippen LogP contribution in [0.25, 0.3) is 0 Å². The molecule has 0 saturated carbocycles. The number of benzene rings is 2. The number of aryl methyl sites for hydroxylation is 1. The first kappa shape index (κ1) is 16.3.